The number of rotatable bonds is 5. The van der Waals surface area contributed by atoms with Crippen molar-refractivity contribution in [2.45, 2.75) is 58.2 Å². The average Bonchev–Trinajstić information content (AvgIpc) is 2.96. The van der Waals surface area contributed by atoms with Crippen molar-refractivity contribution in [3.63, 3.8) is 0 Å². The number of aromatic nitrogens is 2. The molecular weight excluding hydrogens is 289 g/mol. The molecule has 0 bridgehead atoms. The first kappa shape index (κ1) is 16.5. The van der Waals surface area contributed by atoms with E-state index in [0.29, 0.717) is 0 Å². The fourth-order valence-electron chi connectivity index (χ4n) is 2.76. The lowest BCUT2D eigenvalue weighted by Gasteiger charge is -2.32. The molecule has 0 amide bonds. The van der Waals surface area contributed by atoms with Gasteiger partial charge in [0.1, 0.15) is 5.82 Å². The zero-order valence-electron chi connectivity index (χ0n) is 14.5. The summed E-state index contributed by atoms with van der Waals surface area (Å²) in [6.45, 7) is 9.00. The molecule has 23 heavy (non-hydrogen) atoms. The zero-order chi connectivity index (χ0) is 16.7. The highest BCUT2D eigenvalue weighted by molar-refractivity contribution is 6.62. The van der Waals surface area contributed by atoms with Crippen molar-refractivity contribution in [2.24, 2.45) is 5.73 Å². The van der Waals surface area contributed by atoms with Gasteiger partial charge >= 0.3 is 7.12 Å². The van der Waals surface area contributed by atoms with Crippen LogP contribution in [-0.2, 0) is 15.7 Å². The molecule has 1 aromatic carbocycles. The fourth-order valence-corrected chi connectivity index (χ4v) is 2.76. The molecule has 1 saturated heterocycles. The summed E-state index contributed by atoms with van der Waals surface area (Å²) in [5.41, 5.74) is 7.92. The van der Waals surface area contributed by atoms with Crippen molar-refractivity contribution in [2.75, 3.05) is 6.54 Å². The Bertz CT molecular complexity index is 680. The Morgan fingerprint density at radius 2 is 1.83 bits per heavy atom. The predicted octanol–water partition coefficient (Wildman–Crippen LogP) is 2.14. The van der Waals surface area contributed by atoms with Crippen LogP contribution in [0.1, 0.15) is 46.4 Å². The van der Waals surface area contributed by atoms with Gasteiger partial charge in [-0.05, 0) is 64.7 Å². The van der Waals surface area contributed by atoms with Crippen LogP contribution in [0.4, 0.5) is 0 Å². The molecule has 0 aliphatic carbocycles. The van der Waals surface area contributed by atoms with Crippen LogP contribution in [0.25, 0.3) is 11.0 Å². The third kappa shape index (κ3) is 3.16. The van der Waals surface area contributed by atoms with E-state index in [0.717, 1.165) is 48.1 Å². The topological polar surface area (TPSA) is 73.2 Å². The number of fused-ring (bicyclic) bond motifs is 1. The van der Waals surface area contributed by atoms with Crippen molar-refractivity contribution in [3.05, 3.63) is 24.0 Å². The number of imidazole rings is 1. The molecule has 0 atom stereocenters. The van der Waals surface area contributed by atoms with Crippen LogP contribution in [0.15, 0.2) is 18.2 Å². The highest BCUT2D eigenvalue weighted by Crippen LogP contribution is 2.36. The molecule has 2 aromatic rings. The summed E-state index contributed by atoms with van der Waals surface area (Å²) in [6.07, 6.45) is 3.01. The van der Waals surface area contributed by atoms with E-state index in [1.165, 1.54) is 0 Å². The van der Waals surface area contributed by atoms with Gasteiger partial charge in [0.25, 0.3) is 0 Å². The van der Waals surface area contributed by atoms with Crippen LogP contribution < -0.4 is 11.2 Å². The molecule has 6 heteroatoms. The molecule has 3 N–H and O–H groups in total. The predicted molar refractivity (Wildman–Crippen MR) is 93.8 cm³/mol. The number of nitrogens with two attached hydrogens (primary N) is 1. The minimum atomic E-state index is -0.339. The molecule has 1 aromatic heterocycles. The van der Waals surface area contributed by atoms with Gasteiger partial charge in [0.2, 0.25) is 0 Å². The Balaban J connectivity index is 1.81. The number of nitrogens with one attached hydrogen (secondary N) is 1. The molecule has 1 fully saturated rings. The zero-order valence-corrected chi connectivity index (χ0v) is 14.5. The van der Waals surface area contributed by atoms with Crippen molar-refractivity contribution in [3.8, 4) is 0 Å². The third-order valence-corrected chi connectivity index (χ3v) is 4.95. The van der Waals surface area contributed by atoms with E-state index in [4.69, 9.17) is 15.0 Å². The summed E-state index contributed by atoms with van der Waals surface area (Å²) < 4.78 is 12.2. The molecule has 5 nitrogen and oxygen atoms in total. The number of hydrogen-bond donors (Lipinski definition) is 2. The maximum absolute atomic E-state index is 6.11. The van der Waals surface area contributed by atoms with Crippen molar-refractivity contribution in [1.82, 2.24) is 9.97 Å². The number of hydrogen-bond acceptors (Lipinski definition) is 4. The van der Waals surface area contributed by atoms with Crippen LogP contribution in [0.5, 0.6) is 0 Å². The normalized spacial score (nSPS) is 19.6. The highest BCUT2D eigenvalue weighted by Gasteiger charge is 2.51. The Kier molecular flexibility index (Phi) is 4.25. The van der Waals surface area contributed by atoms with Gasteiger partial charge in [0, 0.05) is 6.42 Å². The monoisotopic (exact) mass is 315 g/mol. The fraction of sp³-hybridized carbons (Fsp3) is 0.588. The molecule has 0 unspecified atom stereocenters. The SMILES string of the molecule is CC1(C)OB(c2ccc3nc(CCCCN)[nH]c3c2)OC1(C)C. The van der Waals surface area contributed by atoms with Crippen molar-refractivity contribution >= 4 is 23.6 Å². The average molecular weight is 315 g/mol. The minimum absolute atomic E-state index is 0.325. The standard InChI is InChI=1S/C17H26BN3O2/c1-16(2)17(3,4)23-18(22-16)12-8-9-13-14(11-12)21-15(20-13)7-5-6-10-19/h8-9,11H,5-7,10,19H2,1-4H3,(H,20,21). The molecule has 2 heterocycles. The van der Waals surface area contributed by atoms with Gasteiger partial charge < -0.3 is 20.0 Å². The smallest absolute Gasteiger partial charge is 0.399 e. The van der Waals surface area contributed by atoms with E-state index in [2.05, 4.69) is 43.7 Å². The molecule has 1 aliphatic rings. The number of benzene rings is 1. The Hall–Kier alpha value is -1.37. The van der Waals surface area contributed by atoms with E-state index >= 15 is 0 Å². The maximum Gasteiger partial charge on any atom is 0.494 e. The van der Waals surface area contributed by atoms with Gasteiger partial charge in [-0.3, -0.25) is 0 Å². The van der Waals surface area contributed by atoms with Crippen LogP contribution >= 0.6 is 0 Å². The van der Waals surface area contributed by atoms with E-state index in [9.17, 15) is 0 Å². The first-order valence-electron chi connectivity index (χ1n) is 8.37. The van der Waals surface area contributed by atoms with Gasteiger partial charge in [-0.1, -0.05) is 6.07 Å². The second-order valence-corrected chi connectivity index (χ2v) is 7.29. The summed E-state index contributed by atoms with van der Waals surface area (Å²) in [7, 11) is -0.339. The second-order valence-electron chi connectivity index (χ2n) is 7.29. The number of aryl methyl sites for hydroxylation is 1. The first-order chi connectivity index (χ1) is 10.8. The quantitative estimate of drug-likeness (QED) is 0.655. The molecule has 0 radical (unpaired) electrons. The number of nitrogens with zero attached hydrogens (tertiary/aromatic N) is 1. The largest absolute Gasteiger partial charge is 0.494 e. The number of unbranched alkanes of at least 4 members (excludes halogenated alkanes) is 1. The van der Waals surface area contributed by atoms with Gasteiger partial charge in [-0.2, -0.15) is 0 Å². The lowest BCUT2D eigenvalue weighted by atomic mass is 9.79. The maximum atomic E-state index is 6.11. The molecular formula is C17H26BN3O2. The molecule has 3 rings (SSSR count). The second kappa shape index (κ2) is 5.93. The Morgan fingerprint density at radius 3 is 2.48 bits per heavy atom. The van der Waals surface area contributed by atoms with Gasteiger partial charge in [0.05, 0.1) is 22.2 Å². The minimum Gasteiger partial charge on any atom is -0.399 e. The van der Waals surface area contributed by atoms with Crippen LogP contribution in [0, 0.1) is 0 Å². The van der Waals surface area contributed by atoms with Gasteiger partial charge in [-0.25, -0.2) is 4.98 Å². The summed E-state index contributed by atoms with van der Waals surface area (Å²) >= 11 is 0. The molecule has 1 aliphatic heterocycles. The first-order valence-corrected chi connectivity index (χ1v) is 8.37. The summed E-state index contributed by atoms with van der Waals surface area (Å²) in [4.78, 5) is 8.03. The Labute approximate surface area is 138 Å². The van der Waals surface area contributed by atoms with E-state index in [1.54, 1.807) is 0 Å². The molecule has 0 spiro atoms. The van der Waals surface area contributed by atoms with Crippen LogP contribution in [0.2, 0.25) is 0 Å². The summed E-state index contributed by atoms with van der Waals surface area (Å²) in [6, 6.07) is 6.14. The van der Waals surface area contributed by atoms with Gasteiger partial charge in [-0.15, -0.1) is 0 Å². The Morgan fingerprint density at radius 1 is 1.13 bits per heavy atom. The highest BCUT2D eigenvalue weighted by atomic mass is 16.7. The number of aromatic amines is 1. The van der Waals surface area contributed by atoms with Crippen LogP contribution in [0.3, 0.4) is 0 Å². The summed E-state index contributed by atoms with van der Waals surface area (Å²) in [5.74, 6) is 1.01. The van der Waals surface area contributed by atoms with E-state index in [1.807, 2.05) is 12.1 Å². The third-order valence-electron chi connectivity index (χ3n) is 4.95. The molecule has 0 saturated carbocycles. The van der Waals surface area contributed by atoms with E-state index < -0.39 is 0 Å². The van der Waals surface area contributed by atoms with Gasteiger partial charge in [0.15, 0.2) is 0 Å². The number of H-pyrrole nitrogens is 1. The van der Waals surface area contributed by atoms with Crippen LogP contribution in [-0.4, -0.2) is 34.8 Å². The molecule has 124 valence electrons. The lowest BCUT2D eigenvalue weighted by molar-refractivity contribution is 0.00578. The lowest BCUT2D eigenvalue weighted by Crippen LogP contribution is -2.41. The van der Waals surface area contributed by atoms with Crippen molar-refractivity contribution in [1.29, 1.82) is 0 Å². The van der Waals surface area contributed by atoms with Crippen molar-refractivity contribution < 1.29 is 9.31 Å². The van der Waals surface area contributed by atoms with E-state index in [-0.39, 0.29) is 18.3 Å². The summed E-state index contributed by atoms with van der Waals surface area (Å²) in [5, 5.41) is 0.